The summed E-state index contributed by atoms with van der Waals surface area (Å²) in [6.45, 7) is 0. The lowest BCUT2D eigenvalue weighted by atomic mass is 9.81. The topological polar surface area (TPSA) is 66.4 Å². The molecule has 1 aliphatic rings. The third-order valence-electron chi connectivity index (χ3n) is 3.87. The molecule has 2 N–H and O–H groups in total. The van der Waals surface area contributed by atoms with E-state index >= 15 is 0 Å². The molecule has 1 saturated carbocycles. The second-order valence-corrected chi connectivity index (χ2v) is 5.41. The van der Waals surface area contributed by atoms with Gasteiger partial charge in [-0.15, -0.1) is 0 Å². The first-order valence-electron chi connectivity index (χ1n) is 7.12. The van der Waals surface area contributed by atoms with E-state index in [4.69, 9.17) is 0 Å². The first-order chi connectivity index (χ1) is 10.4. The van der Waals surface area contributed by atoms with Crippen molar-refractivity contribution in [2.75, 3.05) is 0 Å². The van der Waals surface area contributed by atoms with Crippen LogP contribution in [0.15, 0.2) is 24.3 Å². The van der Waals surface area contributed by atoms with E-state index in [1.807, 2.05) is 0 Å². The Kier molecular flexibility index (Phi) is 4.90. The van der Waals surface area contributed by atoms with Crippen LogP contribution in [0.4, 0.5) is 8.78 Å². The van der Waals surface area contributed by atoms with E-state index in [2.05, 4.69) is 5.32 Å². The van der Waals surface area contributed by atoms with Crippen LogP contribution in [0.3, 0.4) is 0 Å². The fraction of sp³-hybridized carbons (Fsp3) is 0.375. The molecule has 0 atom stereocenters. The van der Waals surface area contributed by atoms with E-state index < -0.39 is 29.0 Å². The zero-order chi connectivity index (χ0) is 16.2. The van der Waals surface area contributed by atoms with Crippen molar-refractivity contribution in [1.29, 1.82) is 0 Å². The van der Waals surface area contributed by atoms with Crippen molar-refractivity contribution < 1.29 is 23.5 Å². The van der Waals surface area contributed by atoms with Gasteiger partial charge in [-0.3, -0.25) is 4.79 Å². The summed E-state index contributed by atoms with van der Waals surface area (Å²) in [6, 6.07) is 3.64. The van der Waals surface area contributed by atoms with Crippen LogP contribution < -0.4 is 5.32 Å². The monoisotopic (exact) mass is 309 g/mol. The average Bonchev–Trinajstić information content (AvgIpc) is 2.49. The largest absolute Gasteiger partial charge is 0.480 e. The molecular formula is C16H17F2NO3. The fourth-order valence-electron chi connectivity index (χ4n) is 2.64. The Labute approximate surface area is 126 Å². The molecule has 0 radical (unpaired) electrons. The number of aliphatic carboxylic acids is 1. The lowest BCUT2D eigenvalue weighted by molar-refractivity contribution is -0.148. The molecule has 0 unspecified atom stereocenters. The predicted octanol–water partition coefficient (Wildman–Crippen LogP) is 2.88. The predicted molar refractivity (Wildman–Crippen MR) is 77.0 cm³/mol. The molecule has 0 saturated heterocycles. The molecule has 1 aliphatic carbocycles. The molecular weight excluding hydrogens is 292 g/mol. The van der Waals surface area contributed by atoms with Crippen LogP contribution in [-0.4, -0.2) is 22.5 Å². The summed E-state index contributed by atoms with van der Waals surface area (Å²) in [7, 11) is 0. The van der Waals surface area contributed by atoms with Crippen molar-refractivity contribution in [3.63, 3.8) is 0 Å². The van der Waals surface area contributed by atoms with Gasteiger partial charge in [0.25, 0.3) is 0 Å². The van der Waals surface area contributed by atoms with Gasteiger partial charge >= 0.3 is 5.97 Å². The van der Waals surface area contributed by atoms with E-state index in [-0.39, 0.29) is 5.56 Å². The van der Waals surface area contributed by atoms with E-state index in [1.54, 1.807) is 0 Å². The van der Waals surface area contributed by atoms with Crippen molar-refractivity contribution in [2.24, 2.45) is 0 Å². The van der Waals surface area contributed by atoms with Gasteiger partial charge in [0.15, 0.2) is 11.6 Å². The summed E-state index contributed by atoms with van der Waals surface area (Å²) >= 11 is 0. The lowest BCUT2D eigenvalue weighted by Crippen LogP contribution is -2.55. The van der Waals surface area contributed by atoms with Gasteiger partial charge in [0.05, 0.1) is 0 Å². The minimum Gasteiger partial charge on any atom is -0.480 e. The van der Waals surface area contributed by atoms with E-state index in [9.17, 15) is 23.5 Å². The summed E-state index contributed by atoms with van der Waals surface area (Å²) in [5.74, 6) is -3.74. The minimum atomic E-state index is -1.26. The Balaban J connectivity index is 2.10. The molecule has 118 valence electrons. The maximum atomic E-state index is 13.5. The smallest absolute Gasteiger partial charge is 0.329 e. The number of carbonyl (C=O) groups is 2. The zero-order valence-corrected chi connectivity index (χ0v) is 11.9. The molecule has 1 aromatic carbocycles. The van der Waals surface area contributed by atoms with E-state index in [0.29, 0.717) is 12.8 Å². The SMILES string of the molecule is O=C(/C=C/c1cccc(F)c1F)NC1(C(=O)O)CCCCC1. The molecule has 0 bridgehead atoms. The zero-order valence-electron chi connectivity index (χ0n) is 11.9. The number of amides is 1. The fourth-order valence-corrected chi connectivity index (χ4v) is 2.64. The molecule has 4 nitrogen and oxygen atoms in total. The lowest BCUT2D eigenvalue weighted by Gasteiger charge is -2.33. The van der Waals surface area contributed by atoms with Crippen LogP contribution in [0, 0.1) is 11.6 Å². The standard InChI is InChI=1S/C16H17F2NO3/c17-12-6-4-5-11(14(12)18)7-8-13(20)19-16(15(21)22)9-2-1-3-10-16/h4-8H,1-3,9-10H2,(H,19,20)(H,21,22)/b8-7+. The Morgan fingerprint density at radius 2 is 1.86 bits per heavy atom. The van der Waals surface area contributed by atoms with Crippen LogP contribution in [0.2, 0.25) is 0 Å². The molecule has 1 amide bonds. The first-order valence-corrected chi connectivity index (χ1v) is 7.12. The number of benzene rings is 1. The van der Waals surface area contributed by atoms with Crippen LogP contribution >= 0.6 is 0 Å². The summed E-state index contributed by atoms with van der Waals surface area (Å²) in [6.07, 6.45) is 5.30. The molecule has 0 spiro atoms. The van der Waals surface area contributed by atoms with Crippen molar-refractivity contribution in [3.8, 4) is 0 Å². The summed E-state index contributed by atoms with van der Waals surface area (Å²) in [4.78, 5) is 23.3. The van der Waals surface area contributed by atoms with Crippen molar-refractivity contribution in [1.82, 2.24) is 5.32 Å². The summed E-state index contributed by atoms with van der Waals surface area (Å²) in [5.41, 5.74) is -1.33. The average molecular weight is 309 g/mol. The molecule has 6 heteroatoms. The number of nitrogens with one attached hydrogen (secondary N) is 1. The number of carboxylic acids is 1. The first kappa shape index (κ1) is 16.1. The van der Waals surface area contributed by atoms with E-state index in [0.717, 1.165) is 37.5 Å². The Hall–Kier alpha value is -2.24. The second-order valence-electron chi connectivity index (χ2n) is 5.41. The third-order valence-corrected chi connectivity index (χ3v) is 3.87. The van der Waals surface area contributed by atoms with Gasteiger partial charge in [0.1, 0.15) is 5.54 Å². The molecule has 0 aliphatic heterocycles. The third kappa shape index (κ3) is 3.50. The van der Waals surface area contributed by atoms with Crippen molar-refractivity contribution >= 4 is 18.0 Å². The minimum absolute atomic E-state index is 0.0665. The Morgan fingerprint density at radius 3 is 2.50 bits per heavy atom. The van der Waals surface area contributed by atoms with Gasteiger partial charge in [-0.2, -0.15) is 0 Å². The van der Waals surface area contributed by atoms with Crippen LogP contribution in [-0.2, 0) is 9.59 Å². The highest BCUT2D eigenvalue weighted by molar-refractivity contribution is 5.95. The normalized spacial score (nSPS) is 17.4. The molecule has 1 fully saturated rings. The van der Waals surface area contributed by atoms with Gasteiger partial charge in [-0.05, 0) is 25.0 Å². The highest BCUT2D eigenvalue weighted by Gasteiger charge is 2.40. The number of hydrogen-bond donors (Lipinski definition) is 2. The van der Waals surface area contributed by atoms with Gasteiger partial charge in [-0.1, -0.05) is 31.4 Å². The van der Waals surface area contributed by atoms with Gasteiger partial charge in [0.2, 0.25) is 5.91 Å². The van der Waals surface area contributed by atoms with Crippen molar-refractivity contribution in [2.45, 2.75) is 37.6 Å². The molecule has 22 heavy (non-hydrogen) atoms. The second kappa shape index (κ2) is 6.68. The van der Waals surface area contributed by atoms with Crippen molar-refractivity contribution in [3.05, 3.63) is 41.5 Å². The summed E-state index contributed by atoms with van der Waals surface area (Å²) < 4.78 is 26.5. The maximum absolute atomic E-state index is 13.5. The highest BCUT2D eigenvalue weighted by atomic mass is 19.2. The van der Waals surface area contributed by atoms with Crippen LogP contribution in [0.25, 0.3) is 6.08 Å². The van der Waals surface area contributed by atoms with Gasteiger partial charge in [-0.25, -0.2) is 13.6 Å². The summed E-state index contributed by atoms with van der Waals surface area (Å²) in [5, 5.41) is 11.8. The van der Waals surface area contributed by atoms with Crippen LogP contribution in [0.1, 0.15) is 37.7 Å². The van der Waals surface area contributed by atoms with Gasteiger partial charge in [0, 0.05) is 11.6 Å². The Bertz CT molecular complexity index is 607. The number of carboxylic acid groups (broad SMARTS) is 1. The number of halogens is 2. The Morgan fingerprint density at radius 1 is 1.18 bits per heavy atom. The van der Waals surface area contributed by atoms with E-state index in [1.165, 1.54) is 12.1 Å². The molecule has 0 heterocycles. The molecule has 0 aromatic heterocycles. The quantitative estimate of drug-likeness (QED) is 0.841. The number of hydrogen-bond acceptors (Lipinski definition) is 2. The molecule has 1 aromatic rings. The van der Waals surface area contributed by atoms with Gasteiger partial charge < -0.3 is 10.4 Å². The van der Waals surface area contributed by atoms with Crippen LogP contribution in [0.5, 0.6) is 0 Å². The maximum Gasteiger partial charge on any atom is 0.329 e. The molecule has 2 rings (SSSR count). The number of carbonyl (C=O) groups excluding carboxylic acids is 1. The highest BCUT2D eigenvalue weighted by Crippen LogP contribution is 2.28. The number of rotatable bonds is 4.